The fraction of sp³-hybridized carbons (Fsp3) is 0.0870. The predicted molar refractivity (Wildman–Crippen MR) is 118 cm³/mol. The van der Waals surface area contributed by atoms with Gasteiger partial charge < -0.3 is 9.84 Å². The first-order chi connectivity index (χ1) is 14.0. The topological polar surface area (TPSA) is 46.5 Å². The summed E-state index contributed by atoms with van der Waals surface area (Å²) in [7, 11) is 0. The van der Waals surface area contributed by atoms with E-state index >= 15 is 0 Å². The molecule has 0 bridgehead atoms. The van der Waals surface area contributed by atoms with Gasteiger partial charge in [-0.3, -0.25) is 0 Å². The van der Waals surface area contributed by atoms with Crippen LogP contribution in [0.5, 0.6) is 5.75 Å². The van der Waals surface area contributed by atoms with Crippen LogP contribution in [-0.4, -0.2) is 23.4 Å². The van der Waals surface area contributed by atoms with Crippen molar-refractivity contribution in [1.29, 1.82) is 0 Å². The van der Waals surface area contributed by atoms with Crippen LogP contribution in [-0.2, 0) is 4.79 Å². The first-order valence-electron chi connectivity index (χ1n) is 8.82. The summed E-state index contributed by atoms with van der Waals surface area (Å²) < 4.78 is 20.4. The second-order valence-electron chi connectivity index (χ2n) is 6.05. The van der Waals surface area contributed by atoms with Crippen molar-refractivity contribution in [1.82, 2.24) is 0 Å². The minimum absolute atomic E-state index is 0.256. The lowest BCUT2D eigenvalue weighted by Gasteiger charge is -2.11. The normalized spacial score (nSPS) is 11.3. The van der Waals surface area contributed by atoms with Gasteiger partial charge in [-0.2, -0.15) is 0 Å². The van der Waals surface area contributed by atoms with E-state index < -0.39 is 5.97 Å². The second kappa shape index (κ2) is 10.3. The van der Waals surface area contributed by atoms with E-state index in [9.17, 15) is 9.18 Å². The van der Waals surface area contributed by atoms with E-state index in [1.807, 2.05) is 48.5 Å². The molecule has 3 nitrogen and oxygen atoms in total. The molecule has 148 valence electrons. The summed E-state index contributed by atoms with van der Waals surface area (Å²) in [6, 6.07) is 21.8. The minimum Gasteiger partial charge on any atom is -0.482 e. The van der Waals surface area contributed by atoms with Crippen molar-refractivity contribution >= 4 is 39.2 Å². The molecule has 3 rings (SSSR count). The largest absolute Gasteiger partial charge is 0.482 e. The molecule has 0 unspecified atom stereocenters. The zero-order valence-electron chi connectivity index (χ0n) is 15.3. The van der Waals surface area contributed by atoms with Crippen molar-refractivity contribution in [2.75, 3.05) is 12.4 Å². The number of carbonyl (C=O) groups is 1. The van der Waals surface area contributed by atoms with Crippen LogP contribution < -0.4 is 4.74 Å². The third kappa shape index (κ3) is 5.95. The molecule has 0 aromatic heterocycles. The third-order valence-corrected chi connectivity index (χ3v) is 5.96. The zero-order valence-corrected chi connectivity index (χ0v) is 17.8. The maximum absolute atomic E-state index is 14.4. The number of rotatable bonds is 8. The van der Waals surface area contributed by atoms with Crippen LogP contribution in [0.4, 0.5) is 4.39 Å². The molecule has 29 heavy (non-hydrogen) atoms. The van der Waals surface area contributed by atoms with Crippen molar-refractivity contribution in [2.45, 2.75) is 4.90 Å². The molecule has 0 spiro atoms. The van der Waals surface area contributed by atoms with Crippen LogP contribution in [0, 0.1) is 5.82 Å². The average Bonchev–Trinajstić information content (AvgIpc) is 2.72. The van der Waals surface area contributed by atoms with Crippen LogP contribution in [0.25, 0.3) is 5.57 Å². The van der Waals surface area contributed by atoms with E-state index in [1.165, 1.54) is 6.07 Å². The SMILES string of the molecule is O=C(O)COc1ccc(SCC=C(c2ccccc2)c2ccccc2F)c(Br)c1. The van der Waals surface area contributed by atoms with Gasteiger partial charge in [-0.05, 0) is 51.3 Å². The summed E-state index contributed by atoms with van der Waals surface area (Å²) in [5, 5.41) is 8.70. The molecular formula is C23H18BrFO3S. The highest BCUT2D eigenvalue weighted by Crippen LogP contribution is 2.32. The summed E-state index contributed by atoms with van der Waals surface area (Å²) >= 11 is 5.08. The summed E-state index contributed by atoms with van der Waals surface area (Å²) in [5.41, 5.74) is 2.36. The number of hydrogen-bond acceptors (Lipinski definition) is 3. The number of hydrogen-bond donors (Lipinski definition) is 1. The van der Waals surface area contributed by atoms with E-state index in [0.29, 0.717) is 17.1 Å². The van der Waals surface area contributed by atoms with E-state index in [4.69, 9.17) is 9.84 Å². The molecule has 0 radical (unpaired) electrons. The summed E-state index contributed by atoms with van der Waals surface area (Å²) in [6.45, 7) is -0.384. The standard InChI is InChI=1S/C23H18BrFO3S/c24-20-14-17(28-15-23(26)27)10-11-22(20)29-13-12-18(16-6-2-1-3-7-16)19-8-4-5-9-21(19)25/h1-12,14H,13,15H2,(H,26,27). The number of halogens is 2. The Morgan fingerprint density at radius 1 is 1.07 bits per heavy atom. The molecule has 0 aliphatic heterocycles. The van der Waals surface area contributed by atoms with E-state index in [0.717, 1.165) is 20.5 Å². The van der Waals surface area contributed by atoms with Crippen LogP contribution in [0.2, 0.25) is 0 Å². The number of thioether (sulfide) groups is 1. The maximum Gasteiger partial charge on any atom is 0.341 e. The zero-order chi connectivity index (χ0) is 20.6. The first kappa shape index (κ1) is 21.1. The van der Waals surface area contributed by atoms with Crippen molar-refractivity contribution in [3.63, 3.8) is 0 Å². The van der Waals surface area contributed by atoms with Gasteiger partial charge in [-0.15, -0.1) is 11.8 Å². The molecule has 0 saturated heterocycles. The molecule has 0 fully saturated rings. The van der Waals surface area contributed by atoms with Crippen LogP contribution >= 0.6 is 27.7 Å². The molecule has 3 aromatic carbocycles. The van der Waals surface area contributed by atoms with Gasteiger partial charge in [0, 0.05) is 20.7 Å². The lowest BCUT2D eigenvalue weighted by atomic mass is 9.97. The van der Waals surface area contributed by atoms with Crippen molar-refractivity contribution < 1.29 is 19.0 Å². The fourth-order valence-corrected chi connectivity index (χ4v) is 4.22. The van der Waals surface area contributed by atoms with Gasteiger partial charge in [0.2, 0.25) is 0 Å². The van der Waals surface area contributed by atoms with Crippen LogP contribution in [0.1, 0.15) is 11.1 Å². The number of carboxylic acid groups (broad SMARTS) is 1. The Balaban J connectivity index is 1.78. The van der Waals surface area contributed by atoms with Crippen molar-refractivity contribution in [2.24, 2.45) is 0 Å². The highest BCUT2D eigenvalue weighted by atomic mass is 79.9. The summed E-state index contributed by atoms with van der Waals surface area (Å²) in [6.07, 6.45) is 2.01. The summed E-state index contributed by atoms with van der Waals surface area (Å²) in [5.74, 6) is -0.164. The van der Waals surface area contributed by atoms with Crippen molar-refractivity contribution in [3.05, 3.63) is 100 Å². The van der Waals surface area contributed by atoms with Gasteiger partial charge in [0.15, 0.2) is 6.61 Å². The van der Waals surface area contributed by atoms with Crippen LogP contribution in [0.15, 0.2) is 88.2 Å². The molecular weight excluding hydrogens is 455 g/mol. The average molecular weight is 473 g/mol. The Labute approximate surface area is 181 Å². The molecule has 0 amide bonds. The van der Waals surface area contributed by atoms with Crippen molar-refractivity contribution in [3.8, 4) is 5.75 Å². The van der Waals surface area contributed by atoms with Gasteiger partial charge >= 0.3 is 5.97 Å². The number of aliphatic carboxylic acids is 1. The number of benzene rings is 3. The van der Waals surface area contributed by atoms with Gasteiger partial charge in [0.05, 0.1) is 0 Å². The monoisotopic (exact) mass is 472 g/mol. The summed E-state index contributed by atoms with van der Waals surface area (Å²) in [4.78, 5) is 11.6. The Morgan fingerprint density at radius 2 is 1.79 bits per heavy atom. The minimum atomic E-state index is -1.02. The Kier molecular flexibility index (Phi) is 7.49. The van der Waals surface area contributed by atoms with E-state index in [1.54, 1.807) is 36.0 Å². The highest BCUT2D eigenvalue weighted by molar-refractivity contribution is 9.10. The predicted octanol–water partition coefficient (Wildman–Crippen LogP) is 6.28. The molecule has 1 N–H and O–H groups in total. The molecule has 0 aliphatic carbocycles. The van der Waals surface area contributed by atoms with Gasteiger partial charge in [0.25, 0.3) is 0 Å². The fourth-order valence-electron chi connectivity index (χ4n) is 2.73. The lowest BCUT2D eigenvalue weighted by molar-refractivity contribution is -0.139. The number of ether oxygens (including phenoxy) is 1. The molecule has 0 aliphatic rings. The number of carboxylic acids is 1. The quantitative estimate of drug-likeness (QED) is 0.392. The first-order valence-corrected chi connectivity index (χ1v) is 10.6. The molecule has 3 aromatic rings. The lowest BCUT2D eigenvalue weighted by Crippen LogP contribution is -2.09. The van der Waals surface area contributed by atoms with Gasteiger partial charge in [-0.1, -0.05) is 54.6 Å². The Bertz CT molecular complexity index is 1020. The third-order valence-electron chi connectivity index (χ3n) is 4.04. The second-order valence-corrected chi connectivity index (χ2v) is 7.97. The molecule has 0 saturated carbocycles. The van der Waals surface area contributed by atoms with E-state index in [-0.39, 0.29) is 12.4 Å². The highest BCUT2D eigenvalue weighted by Gasteiger charge is 2.10. The Hall–Kier alpha value is -2.57. The molecule has 0 atom stereocenters. The molecule has 6 heteroatoms. The van der Waals surface area contributed by atoms with E-state index in [2.05, 4.69) is 15.9 Å². The van der Waals surface area contributed by atoms with Gasteiger partial charge in [0.1, 0.15) is 11.6 Å². The van der Waals surface area contributed by atoms with Crippen LogP contribution in [0.3, 0.4) is 0 Å². The maximum atomic E-state index is 14.4. The Morgan fingerprint density at radius 3 is 2.48 bits per heavy atom. The smallest absolute Gasteiger partial charge is 0.341 e. The molecule has 0 heterocycles. The van der Waals surface area contributed by atoms with Gasteiger partial charge in [-0.25, -0.2) is 9.18 Å².